The topological polar surface area (TPSA) is 41.7 Å². The fourth-order valence-electron chi connectivity index (χ4n) is 7.32. The van der Waals surface area contributed by atoms with Gasteiger partial charge in [0.05, 0.1) is 11.0 Å². The molecule has 1 atom stereocenters. The van der Waals surface area contributed by atoms with Crippen LogP contribution < -0.4 is 5.32 Å². The molecule has 2 aromatic heterocycles. The number of nitrogens with one attached hydrogen (secondary N) is 1. The minimum atomic E-state index is -0.244. The van der Waals surface area contributed by atoms with Crippen molar-refractivity contribution in [2.45, 2.75) is 6.17 Å². The Morgan fingerprint density at radius 1 is 0.520 bits per heavy atom. The second-order valence-electron chi connectivity index (χ2n) is 12.7. The summed E-state index contributed by atoms with van der Waals surface area (Å²) in [7, 11) is 0. The molecule has 3 heterocycles. The number of rotatable bonds is 5. The number of benzene rings is 7. The van der Waals surface area contributed by atoms with Gasteiger partial charge in [-0.25, -0.2) is 9.98 Å². The van der Waals surface area contributed by atoms with E-state index in [-0.39, 0.29) is 6.17 Å². The second-order valence-corrected chi connectivity index (χ2v) is 13.7. The molecular weight excluding hydrogens is 629 g/mol. The van der Waals surface area contributed by atoms with Gasteiger partial charge in [0.15, 0.2) is 5.84 Å². The maximum atomic E-state index is 5.12. The Morgan fingerprint density at radius 3 is 2.06 bits per heavy atom. The minimum absolute atomic E-state index is 0.244. The number of nitrogens with zero attached hydrogens (tertiary/aromatic N) is 3. The number of para-hydroxylation sites is 1. The van der Waals surface area contributed by atoms with Crippen LogP contribution >= 0.6 is 11.3 Å². The van der Waals surface area contributed by atoms with Crippen LogP contribution in [0, 0.1) is 0 Å². The third kappa shape index (κ3) is 4.74. The average molecular weight is 659 g/mol. The van der Waals surface area contributed by atoms with Crippen molar-refractivity contribution in [3.05, 3.63) is 187 Å². The largest absolute Gasteiger partial charge is 0.344 e. The molecule has 0 aliphatic carbocycles. The molecule has 4 nitrogen and oxygen atoms in total. The number of amidine groups is 2. The Kier molecular flexibility index (Phi) is 6.71. The summed E-state index contributed by atoms with van der Waals surface area (Å²) in [4.78, 5) is 10.2. The van der Waals surface area contributed by atoms with Crippen LogP contribution in [0.5, 0.6) is 0 Å². The summed E-state index contributed by atoms with van der Waals surface area (Å²) < 4.78 is 5.07. The molecule has 10 rings (SSSR count). The lowest BCUT2D eigenvalue weighted by Crippen LogP contribution is -2.33. The lowest BCUT2D eigenvalue weighted by Gasteiger charge is -2.23. The first-order valence-corrected chi connectivity index (χ1v) is 17.7. The normalized spacial score (nSPS) is 14.6. The average Bonchev–Trinajstić information content (AvgIpc) is 3.74. The van der Waals surface area contributed by atoms with Crippen LogP contribution in [0.4, 0.5) is 0 Å². The lowest BCUT2D eigenvalue weighted by atomic mass is 10.0. The Balaban J connectivity index is 1.12. The van der Waals surface area contributed by atoms with Gasteiger partial charge in [-0.2, -0.15) is 0 Å². The lowest BCUT2D eigenvalue weighted by molar-refractivity contribution is 0.674. The Bertz CT molecular complexity index is 2790. The molecule has 0 saturated heterocycles. The zero-order chi connectivity index (χ0) is 33.0. The molecule has 0 saturated carbocycles. The van der Waals surface area contributed by atoms with Crippen LogP contribution in [-0.4, -0.2) is 16.2 Å². The zero-order valence-electron chi connectivity index (χ0n) is 27.0. The highest BCUT2D eigenvalue weighted by molar-refractivity contribution is 7.26. The van der Waals surface area contributed by atoms with E-state index < -0.39 is 0 Å². The number of aliphatic imine (C=N–C) groups is 2. The summed E-state index contributed by atoms with van der Waals surface area (Å²) in [6, 6.07) is 60.3. The maximum Gasteiger partial charge on any atom is 0.159 e. The van der Waals surface area contributed by atoms with Crippen molar-refractivity contribution in [3.63, 3.8) is 0 Å². The molecule has 1 aliphatic rings. The highest BCUT2D eigenvalue weighted by atomic mass is 32.1. The van der Waals surface area contributed by atoms with Gasteiger partial charge in [0.2, 0.25) is 0 Å². The molecule has 1 N–H and O–H groups in total. The molecule has 0 amide bonds. The predicted molar refractivity (Wildman–Crippen MR) is 211 cm³/mol. The van der Waals surface area contributed by atoms with E-state index in [0.717, 1.165) is 39.3 Å². The van der Waals surface area contributed by atoms with Crippen molar-refractivity contribution in [2.75, 3.05) is 0 Å². The second kappa shape index (κ2) is 11.7. The maximum absolute atomic E-state index is 5.12. The monoisotopic (exact) mass is 658 g/mol. The molecule has 236 valence electrons. The van der Waals surface area contributed by atoms with E-state index in [2.05, 4.69) is 155 Å². The first kappa shape index (κ1) is 28.7. The number of hydrogen-bond acceptors (Lipinski definition) is 4. The van der Waals surface area contributed by atoms with E-state index in [1.165, 1.54) is 42.0 Å². The van der Waals surface area contributed by atoms with Crippen molar-refractivity contribution in [1.82, 2.24) is 9.88 Å². The van der Waals surface area contributed by atoms with E-state index in [4.69, 9.17) is 9.98 Å². The molecule has 5 heteroatoms. The Morgan fingerprint density at radius 2 is 1.20 bits per heavy atom. The Hall–Kier alpha value is -6.30. The van der Waals surface area contributed by atoms with Gasteiger partial charge in [0, 0.05) is 47.8 Å². The van der Waals surface area contributed by atoms with E-state index >= 15 is 0 Å². The van der Waals surface area contributed by atoms with Gasteiger partial charge in [-0.15, -0.1) is 11.3 Å². The van der Waals surface area contributed by atoms with Crippen molar-refractivity contribution >= 4 is 65.0 Å². The summed E-state index contributed by atoms with van der Waals surface area (Å²) in [5.74, 6) is 1.53. The Labute approximate surface area is 293 Å². The van der Waals surface area contributed by atoms with E-state index in [1.54, 1.807) is 0 Å². The fraction of sp³-hybridized carbons (Fsp3) is 0.0222. The van der Waals surface area contributed by atoms with Crippen LogP contribution in [0.2, 0.25) is 0 Å². The molecule has 0 bridgehead atoms. The smallest absolute Gasteiger partial charge is 0.159 e. The van der Waals surface area contributed by atoms with Crippen LogP contribution in [0.3, 0.4) is 0 Å². The standard InChI is InChI=1S/C45H30N4S/c1-3-13-29(14-4-1)43-46-44(30-15-5-2-6-16-30)48-45(47-43)33-19-11-17-31(27-33)32-18-12-20-34(28-32)49-38-23-9-7-21-35(38)36-25-26-40-41(42(36)49)37-22-8-10-24-39(37)50-40/h1-28,43H,(H,46,47,48). The predicted octanol–water partition coefficient (Wildman–Crippen LogP) is 11.3. The van der Waals surface area contributed by atoms with E-state index in [1.807, 2.05) is 35.6 Å². The summed E-state index contributed by atoms with van der Waals surface area (Å²) >= 11 is 1.86. The van der Waals surface area contributed by atoms with E-state index in [9.17, 15) is 0 Å². The summed E-state index contributed by atoms with van der Waals surface area (Å²) in [5, 5.41) is 8.72. The van der Waals surface area contributed by atoms with Gasteiger partial charge in [-0.1, -0.05) is 133 Å². The van der Waals surface area contributed by atoms with Crippen LogP contribution in [0.25, 0.3) is 58.8 Å². The van der Waals surface area contributed by atoms with Crippen molar-refractivity contribution in [2.24, 2.45) is 9.98 Å². The van der Waals surface area contributed by atoms with Crippen molar-refractivity contribution in [3.8, 4) is 16.8 Å². The fourth-order valence-corrected chi connectivity index (χ4v) is 8.43. The number of hydrogen-bond donors (Lipinski definition) is 1. The molecule has 0 spiro atoms. The van der Waals surface area contributed by atoms with Gasteiger partial charge in [-0.05, 0) is 53.1 Å². The van der Waals surface area contributed by atoms with Crippen molar-refractivity contribution in [1.29, 1.82) is 0 Å². The third-order valence-electron chi connectivity index (χ3n) is 9.64. The quantitative estimate of drug-likeness (QED) is 0.196. The number of thiophene rings is 1. The zero-order valence-corrected chi connectivity index (χ0v) is 27.8. The summed E-state index contributed by atoms with van der Waals surface area (Å²) in [6.45, 7) is 0. The van der Waals surface area contributed by atoms with Gasteiger partial charge >= 0.3 is 0 Å². The van der Waals surface area contributed by atoms with Crippen LogP contribution in [-0.2, 0) is 0 Å². The molecule has 50 heavy (non-hydrogen) atoms. The van der Waals surface area contributed by atoms with Crippen LogP contribution in [0.1, 0.15) is 22.9 Å². The highest BCUT2D eigenvalue weighted by Gasteiger charge is 2.22. The van der Waals surface area contributed by atoms with Crippen molar-refractivity contribution < 1.29 is 0 Å². The first-order valence-electron chi connectivity index (χ1n) is 16.9. The molecule has 9 aromatic rings. The van der Waals surface area contributed by atoms with Crippen LogP contribution in [0.15, 0.2) is 180 Å². The third-order valence-corrected chi connectivity index (χ3v) is 10.8. The first-order chi connectivity index (χ1) is 24.8. The highest BCUT2D eigenvalue weighted by Crippen LogP contribution is 2.43. The van der Waals surface area contributed by atoms with Gasteiger partial charge < -0.3 is 9.88 Å². The van der Waals surface area contributed by atoms with Gasteiger partial charge in [0.25, 0.3) is 0 Å². The van der Waals surface area contributed by atoms with E-state index in [0.29, 0.717) is 5.84 Å². The number of aromatic nitrogens is 1. The SMILES string of the molecule is c1ccc(C2=NC(c3cccc(-c4cccc(-n5c6ccccc6c6ccc7sc8ccccc8c7c65)c4)c3)=NC(c3ccccc3)N2)cc1. The number of fused-ring (bicyclic) bond motifs is 7. The molecular formula is C45H30N4S. The molecule has 7 aromatic carbocycles. The molecule has 0 fully saturated rings. The van der Waals surface area contributed by atoms with Gasteiger partial charge in [-0.3, -0.25) is 0 Å². The minimum Gasteiger partial charge on any atom is -0.344 e. The summed E-state index contributed by atoms with van der Waals surface area (Å²) in [5.41, 5.74) is 8.95. The molecule has 1 unspecified atom stereocenters. The van der Waals surface area contributed by atoms with Gasteiger partial charge in [0.1, 0.15) is 12.0 Å². The summed E-state index contributed by atoms with van der Waals surface area (Å²) in [6.07, 6.45) is -0.244. The molecule has 1 aliphatic heterocycles. The molecule has 0 radical (unpaired) electrons.